The largest absolute Gasteiger partial charge is 0.392 e. The van der Waals surface area contributed by atoms with E-state index in [0.717, 1.165) is 12.8 Å². The molecule has 0 radical (unpaired) electrons. The first kappa shape index (κ1) is 9.22. The second-order valence-corrected chi connectivity index (χ2v) is 4.21. The van der Waals surface area contributed by atoms with Crippen LogP contribution in [-0.4, -0.2) is 16.5 Å². The fourth-order valence-electron chi connectivity index (χ4n) is 2.10. The van der Waals surface area contributed by atoms with Gasteiger partial charge >= 0.3 is 0 Å². The van der Waals surface area contributed by atoms with E-state index in [2.05, 4.69) is 40.2 Å². The van der Waals surface area contributed by atoms with Crippen molar-refractivity contribution in [2.45, 2.75) is 24.9 Å². The van der Waals surface area contributed by atoms with Crippen LogP contribution in [0.2, 0.25) is 0 Å². The van der Waals surface area contributed by atoms with Crippen LogP contribution in [-0.2, 0) is 6.42 Å². The van der Waals surface area contributed by atoms with Crippen LogP contribution in [0, 0.1) is 0 Å². The van der Waals surface area contributed by atoms with Gasteiger partial charge in [-0.25, -0.2) is 0 Å². The number of hydrogen-bond donors (Lipinski definition) is 1. The van der Waals surface area contributed by atoms with Gasteiger partial charge in [-0.1, -0.05) is 40.2 Å². The van der Waals surface area contributed by atoms with Gasteiger partial charge in [0.25, 0.3) is 0 Å². The standard InChI is InChI=1S/C11H13BrO/c12-7-11(13)10-6-5-8-3-1-2-4-9(8)10/h1-4,10-11,13H,5-7H2. The maximum atomic E-state index is 9.76. The number of alkyl halides is 1. The highest BCUT2D eigenvalue weighted by atomic mass is 79.9. The monoisotopic (exact) mass is 240 g/mol. The van der Waals surface area contributed by atoms with Crippen molar-refractivity contribution >= 4 is 15.9 Å². The summed E-state index contributed by atoms with van der Waals surface area (Å²) in [5.41, 5.74) is 2.75. The van der Waals surface area contributed by atoms with E-state index in [0.29, 0.717) is 11.2 Å². The Kier molecular flexibility index (Phi) is 2.70. The Hall–Kier alpha value is -0.340. The number of aliphatic hydroxyl groups is 1. The lowest BCUT2D eigenvalue weighted by atomic mass is 9.97. The first-order valence-corrected chi connectivity index (χ1v) is 5.77. The van der Waals surface area contributed by atoms with Crippen molar-refractivity contribution in [3.63, 3.8) is 0 Å². The van der Waals surface area contributed by atoms with Gasteiger partial charge in [0.15, 0.2) is 0 Å². The molecule has 0 heterocycles. The third kappa shape index (κ3) is 1.65. The highest BCUT2D eigenvalue weighted by Crippen LogP contribution is 2.35. The first-order valence-electron chi connectivity index (χ1n) is 4.64. The zero-order valence-corrected chi connectivity index (χ0v) is 9.00. The first-order chi connectivity index (χ1) is 6.33. The topological polar surface area (TPSA) is 20.2 Å². The van der Waals surface area contributed by atoms with E-state index >= 15 is 0 Å². The molecule has 1 nitrogen and oxygen atoms in total. The van der Waals surface area contributed by atoms with Gasteiger partial charge in [-0.3, -0.25) is 0 Å². The van der Waals surface area contributed by atoms with Crippen molar-refractivity contribution < 1.29 is 5.11 Å². The van der Waals surface area contributed by atoms with Crippen LogP contribution >= 0.6 is 15.9 Å². The zero-order chi connectivity index (χ0) is 9.26. The zero-order valence-electron chi connectivity index (χ0n) is 7.41. The minimum absolute atomic E-state index is 0.233. The van der Waals surface area contributed by atoms with Gasteiger partial charge in [0.2, 0.25) is 0 Å². The molecule has 2 heteroatoms. The summed E-state index contributed by atoms with van der Waals surface area (Å²) in [5.74, 6) is 0.343. The molecule has 0 spiro atoms. The van der Waals surface area contributed by atoms with Gasteiger partial charge in [0.05, 0.1) is 6.10 Å². The normalized spacial score (nSPS) is 22.8. The summed E-state index contributed by atoms with van der Waals surface area (Å²) in [6.07, 6.45) is 1.97. The molecular formula is C11H13BrO. The Balaban J connectivity index is 2.28. The summed E-state index contributed by atoms with van der Waals surface area (Å²) < 4.78 is 0. The molecule has 0 saturated carbocycles. The average molecular weight is 241 g/mol. The molecule has 1 aliphatic rings. The predicted molar refractivity (Wildman–Crippen MR) is 57.3 cm³/mol. The molecule has 1 aromatic carbocycles. The second-order valence-electron chi connectivity index (χ2n) is 3.57. The van der Waals surface area contributed by atoms with E-state index in [1.54, 1.807) is 0 Å². The van der Waals surface area contributed by atoms with E-state index in [1.165, 1.54) is 11.1 Å². The van der Waals surface area contributed by atoms with E-state index in [9.17, 15) is 5.11 Å². The van der Waals surface area contributed by atoms with Crippen molar-refractivity contribution in [2.75, 3.05) is 5.33 Å². The lowest BCUT2D eigenvalue weighted by Gasteiger charge is -2.16. The van der Waals surface area contributed by atoms with Gasteiger partial charge in [-0.05, 0) is 24.0 Å². The molecule has 1 aromatic rings. The van der Waals surface area contributed by atoms with Crippen molar-refractivity contribution in [2.24, 2.45) is 0 Å². The van der Waals surface area contributed by atoms with Crippen LogP contribution in [0.15, 0.2) is 24.3 Å². The van der Waals surface area contributed by atoms with E-state index in [-0.39, 0.29) is 6.10 Å². The summed E-state index contributed by atoms with van der Waals surface area (Å²) >= 11 is 3.33. The lowest BCUT2D eigenvalue weighted by molar-refractivity contribution is 0.168. The van der Waals surface area contributed by atoms with E-state index in [4.69, 9.17) is 0 Å². The smallest absolute Gasteiger partial charge is 0.0705 e. The second kappa shape index (κ2) is 3.81. The van der Waals surface area contributed by atoms with Crippen molar-refractivity contribution in [3.05, 3.63) is 35.4 Å². The lowest BCUT2D eigenvalue weighted by Crippen LogP contribution is -2.17. The molecule has 0 bridgehead atoms. The number of aliphatic hydroxyl groups excluding tert-OH is 1. The summed E-state index contributed by atoms with van der Waals surface area (Å²) in [6, 6.07) is 8.43. The van der Waals surface area contributed by atoms with E-state index < -0.39 is 0 Å². The minimum atomic E-state index is -0.233. The molecule has 2 atom stereocenters. The summed E-state index contributed by atoms with van der Waals surface area (Å²) in [6.45, 7) is 0. The molecule has 0 aromatic heterocycles. The molecule has 2 rings (SSSR count). The number of benzene rings is 1. The quantitative estimate of drug-likeness (QED) is 0.788. The van der Waals surface area contributed by atoms with Crippen LogP contribution in [0.1, 0.15) is 23.5 Å². The maximum Gasteiger partial charge on any atom is 0.0705 e. The molecule has 0 aliphatic heterocycles. The van der Waals surface area contributed by atoms with Gasteiger partial charge < -0.3 is 5.11 Å². The Morgan fingerprint density at radius 2 is 2.23 bits per heavy atom. The number of hydrogen-bond acceptors (Lipinski definition) is 1. The Morgan fingerprint density at radius 1 is 1.46 bits per heavy atom. The highest BCUT2D eigenvalue weighted by Gasteiger charge is 2.27. The van der Waals surface area contributed by atoms with Crippen LogP contribution in [0.25, 0.3) is 0 Å². The predicted octanol–water partition coefficient (Wildman–Crippen LogP) is 2.47. The maximum absolute atomic E-state index is 9.76. The Labute approximate surface area is 86.9 Å². The van der Waals surface area contributed by atoms with Crippen LogP contribution in [0.4, 0.5) is 0 Å². The molecule has 13 heavy (non-hydrogen) atoms. The van der Waals surface area contributed by atoms with Crippen molar-refractivity contribution in [1.29, 1.82) is 0 Å². The van der Waals surface area contributed by atoms with Crippen molar-refractivity contribution in [3.8, 4) is 0 Å². The number of aryl methyl sites for hydroxylation is 1. The highest BCUT2D eigenvalue weighted by molar-refractivity contribution is 9.09. The third-order valence-electron chi connectivity index (χ3n) is 2.80. The van der Waals surface area contributed by atoms with Crippen molar-refractivity contribution in [1.82, 2.24) is 0 Å². The molecule has 0 amide bonds. The van der Waals surface area contributed by atoms with Crippen LogP contribution in [0.5, 0.6) is 0 Å². The molecule has 0 fully saturated rings. The minimum Gasteiger partial charge on any atom is -0.392 e. The Bertz CT molecular complexity index is 298. The van der Waals surface area contributed by atoms with E-state index in [1.807, 2.05) is 0 Å². The molecule has 70 valence electrons. The van der Waals surface area contributed by atoms with Gasteiger partial charge in [-0.2, -0.15) is 0 Å². The third-order valence-corrected chi connectivity index (χ3v) is 3.47. The van der Waals surface area contributed by atoms with Gasteiger partial charge in [0.1, 0.15) is 0 Å². The Morgan fingerprint density at radius 3 is 3.00 bits per heavy atom. The number of halogens is 1. The fraction of sp³-hybridized carbons (Fsp3) is 0.455. The molecule has 1 aliphatic carbocycles. The van der Waals surface area contributed by atoms with Crippen LogP contribution in [0.3, 0.4) is 0 Å². The SMILES string of the molecule is OC(CBr)C1CCc2ccccc21. The van der Waals surface area contributed by atoms with Gasteiger partial charge in [-0.15, -0.1) is 0 Å². The van der Waals surface area contributed by atoms with Gasteiger partial charge in [0, 0.05) is 11.2 Å². The number of fused-ring (bicyclic) bond motifs is 1. The molecule has 1 N–H and O–H groups in total. The molecule has 0 saturated heterocycles. The molecule has 2 unspecified atom stereocenters. The summed E-state index contributed by atoms with van der Waals surface area (Å²) in [5, 5.41) is 10.4. The summed E-state index contributed by atoms with van der Waals surface area (Å²) in [4.78, 5) is 0. The molecular weight excluding hydrogens is 228 g/mol. The van der Waals surface area contributed by atoms with Crippen LogP contribution < -0.4 is 0 Å². The average Bonchev–Trinajstić information content (AvgIpc) is 2.60. The number of rotatable bonds is 2. The fourth-order valence-corrected chi connectivity index (χ4v) is 2.55. The summed E-state index contributed by atoms with van der Waals surface area (Å²) in [7, 11) is 0.